The molecule has 90 valence electrons. The lowest BCUT2D eigenvalue weighted by Crippen LogP contribution is -2.14. The van der Waals surface area contributed by atoms with E-state index in [0.717, 1.165) is 31.9 Å². The highest BCUT2D eigenvalue weighted by Gasteiger charge is 1.98. The number of hydrogen-bond donors (Lipinski definition) is 1. The number of hydrogen-bond acceptors (Lipinski definition) is 2. The van der Waals surface area contributed by atoms with Gasteiger partial charge in [-0.3, -0.25) is 0 Å². The summed E-state index contributed by atoms with van der Waals surface area (Å²) in [5.74, 6) is 1.02. The van der Waals surface area contributed by atoms with Crippen LogP contribution in [0.1, 0.15) is 30.9 Å². The van der Waals surface area contributed by atoms with Crippen LogP contribution in [0, 0.1) is 13.8 Å². The van der Waals surface area contributed by atoms with Crippen LogP contribution < -0.4 is 10.1 Å². The molecule has 0 fully saturated rings. The Morgan fingerprint density at radius 3 is 2.69 bits per heavy atom. The summed E-state index contributed by atoms with van der Waals surface area (Å²) >= 11 is 0. The van der Waals surface area contributed by atoms with Gasteiger partial charge in [0.2, 0.25) is 0 Å². The zero-order valence-electron chi connectivity index (χ0n) is 10.7. The Kier molecular flexibility index (Phi) is 5.94. The van der Waals surface area contributed by atoms with Crippen molar-refractivity contribution in [3.63, 3.8) is 0 Å². The van der Waals surface area contributed by atoms with Gasteiger partial charge in [0, 0.05) is 0 Å². The molecule has 0 heterocycles. The zero-order chi connectivity index (χ0) is 11.8. The summed E-state index contributed by atoms with van der Waals surface area (Å²) in [6.07, 6.45) is 2.29. The average Bonchev–Trinajstić information content (AvgIpc) is 2.26. The van der Waals surface area contributed by atoms with E-state index in [9.17, 15) is 0 Å². The van der Waals surface area contributed by atoms with E-state index in [1.54, 1.807) is 0 Å². The van der Waals surface area contributed by atoms with Gasteiger partial charge in [0.15, 0.2) is 0 Å². The Morgan fingerprint density at radius 2 is 2.00 bits per heavy atom. The number of unbranched alkanes of at least 4 members (excludes halogenated alkanes) is 1. The molecular formula is C14H23NO. The van der Waals surface area contributed by atoms with Crippen molar-refractivity contribution in [2.45, 2.75) is 33.6 Å². The van der Waals surface area contributed by atoms with Crippen molar-refractivity contribution < 1.29 is 4.74 Å². The smallest absolute Gasteiger partial charge is 0.122 e. The van der Waals surface area contributed by atoms with Gasteiger partial charge < -0.3 is 10.1 Å². The van der Waals surface area contributed by atoms with Crippen LogP contribution in [0.4, 0.5) is 0 Å². The first kappa shape index (κ1) is 13.0. The van der Waals surface area contributed by atoms with Crippen LogP contribution in [0.3, 0.4) is 0 Å². The first-order valence-electron chi connectivity index (χ1n) is 6.15. The van der Waals surface area contributed by atoms with E-state index < -0.39 is 0 Å². The van der Waals surface area contributed by atoms with Gasteiger partial charge in [0.1, 0.15) is 5.75 Å². The number of rotatable bonds is 7. The second kappa shape index (κ2) is 7.29. The molecule has 1 rings (SSSR count). The van der Waals surface area contributed by atoms with E-state index in [1.807, 2.05) is 0 Å². The molecule has 0 saturated heterocycles. The first-order valence-corrected chi connectivity index (χ1v) is 6.15. The lowest BCUT2D eigenvalue weighted by molar-refractivity contribution is 0.304. The number of ether oxygens (including phenoxy) is 1. The van der Waals surface area contributed by atoms with Gasteiger partial charge in [-0.2, -0.15) is 0 Å². The van der Waals surface area contributed by atoms with Crippen LogP contribution in [0.2, 0.25) is 0 Å². The molecule has 1 aromatic carbocycles. The van der Waals surface area contributed by atoms with E-state index in [1.165, 1.54) is 17.5 Å². The van der Waals surface area contributed by atoms with Crippen LogP contribution in [0.15, 0.2) is 18.2 Å². The molecule has 2 heteroatoms. The highest BCUT2D eigenvalue weighted by molar-refractivity contribution is 5.35. The molecule has 1 aromatic rings. The van der Waals surface area contributed by atoms with E-state index in [0.29, 0.717) is 0 Å². The maximum atomic E-state index is 5.74. The molecule has 2 nitrogen and oxygen atoms in total. The fourth-order valence-corrected chi connectivity index (χ4v) is 1.67. The summed E-state index contributed by atoms with van der Waals surface area (Å²) in [6, 6.07) is 6.32. The van der Waals surface area contributed by atoms with Crippen LogP contribution in [0.5, 0.6) is 5.75 Å². The van der Waals surface area contributed by atoms with Gasteiger partial charge in [-0.1, -0.05) is 24.6 Å². The SMILES string of the molecule is CCNCCCCOc1ccc(C)cc1C. The molecule has 0 aliphatic rings. The number of benzene rings is 1. The second-order valence-corrected chi connectivity index (χ2v) is 4.18. The summed E-state index contributed by atoms with van der Waals surface area (Å²) < 4.78 is 5.74. The predicted molar refractivity (Wildman–Crippen MR) is 69.2 cm³/mol. The van der Waals surface area contributed by atoms with Crippen molar-refractivity contribution >= 4 is 0 Å². The van der Waals surface area contributed by atoms with E-state index in [2.05, 4.69) is 44.3 Å². The van der Waals surface area contributed by atoms with Gasteiger partial charge in [-0.25, -0.2) is 0 Å². The third kappa shape index (κ3) is 4.67. The molecular weight excluding hydrogens is 198 g/mol. The molecule has 0 spiro atoms. The average molecular weight is 221 g/mol. The summed E-state index contributed by atoms with van der Waals surface area (Å²) in [5, 5.41) is 3.31. The molecule has 0 unspecified atom stereocenters. The standard InChI is InChI=1S/C14H23NO/c1-4-15-9-5-6-10-16-14-8-7-12(2)11-13(14)3/h7-8,11,15H,4-6,9-10H2,1-3H3. The van der Waals surface area contributed by atoms with Crippen LogP contribution in [0.25, 0.3) is 0 Å². The number of nitrogens with one attached hydrogen (secondary N) is 1. The molecule has 0 saturated carbocycles. The number of aryl methyl sites for hydroxylation is 2. The lowest BCUT2D eigenvalue weighted by Gasteiger charge is -2.09. The van der Waals surface area contributed by atoms with E-state index in [-0.39, 0.29) is 0 Å². The first-order chi connectivity index (χ1) is 7.74. The second-order valence-electron chi connectivity index (χ2n) is 4.18. The Labute approximate surface area is 99.0 Å². The predicted octanol–water partition coefficient (Wildman–Crippen LogP) is 3.07. The molecule has 0 aliphatic carbocycles. The topological polar surface area (TPSA) is 21.3 Å². The maximum Gasteiger partial charge on any atom is 0.122 e. The molecule has 0 atom stereocenters. The minimum Gasteiger partial charge on any atom is -0.493 e. The van der Waals surface area contributed by atoms with Crippen molar-refractivity contribution in [1.29, 1.82) is 0 Å². The minimum atomic E-state index is 0.815. The summed E-state index contributed by atoms with van der Waals surface area (Å²) in [7, 11) is 0. The minimum absolute atomic E-state index is 0.815. The van der Waals surface area contributed by atoms with Crippen LogP contribution >= 0.6 is 0 Å². The zero-order valence-corrected chi connectivity index (χ0v) is 10.7. The lowest BCUT2D eigenvalue weighted by atomic mass is 10.1. The maximum absolute atomic E-state index is 5.74. The third-order valence-corrected chi connectivity index (χ3v) is 2.59. The van der Waals surface area contributed by atoms with Crippen molar-refractivity contribution in [3.8, 4) is 5.75 Å². The normalized spacial score (nSPS) is 10.4. The molecule has 0 radical (unpaired) electrons. The largest absolute Gasteiger partial charge is 0.493 e. The fraction of sp³-hybridized carbons (Fsp3) is 0.571. The Hall–Kier alpha value is -1.02. The van der Waals surface area contributed by atoms with Gasteiger partial charge in [-0.15, -0.1) is 0 Å². The van der Waals surface area contributed by atoms with Crippen molar-refractivity contribution in [3.05, 3.63) is 29.3 Å². The van der Waals surface area contributed by atoms with Gasteiger partial charge in [-0.05, 0) is 51.4 Å². The van der Waals surface area contributed by atoms with Gasteiger partial charge in [0.05, 0.1) is 6.61 Å². The summed E-state index contributed by atoms with van der Waals surface area (Å²) in [5.41, 5.74) is 2.52. The molecule has 16 heavy (non-hydrogen) atoms. The molecule has 0 bridgehead atoms. The Bertz CT molecular complexity index is 310. The molecule has 0 aliphatic heterocycles. The highest BCUT2D eigenvalue weighted by Crippen LogP contribution is 2.18. The third-order valence-electron chi connectivity index (χ3n) is 2.59. The van der Waals surface area contributed by atoms with Crippen molar-refractivity contribution in [2.75, 3.05) is 19.7 Å². The fourth-order valence-electron chi connectivity index (χ4n) is 1.67. The van der Waals surface area contributed by atoms with Crippen LogP contribution in [-0.4, -0.2) is 19.7 Å². The quantitative estimate of drug-likeness (QED) is 0.714. The van der Waals surface area contributed by atoms with Gasteiger partial charge in [0.25, 0.3) is 0 Å². The molecule has 0 aromatic heterocycles. The Morgan fingerprint density at radius 1 is 1.19 bits per heavy atom. The monoisotopic (exact) mass is 221 g/mol. The highest BCUT2D eigenvalue weighted by atomic mass is 16.5. The van der Waals surface area contributed by atoms with Crippen molar-refractivity contribution in [2.24, 2.45) is 0 Å². The molecule has 0 amide bonds. The Balaban J connectivity index is 2.21. The van der Waals surface area contributed by atoms with E-state index >= 15 is 0 Å². The summed E-state index contributed by atoms with van der Waals surface area (Å²) in [6.45, 7) is 9.29. The van der Waals surface area contributed by atoms with Crippen molar-refractivity contribution in [1.82, 2.24) is 5.32 Å². The van der Waals surface area contributed by atoms with Crippen LogP contribution in [-0.2, 0) is 0 Å². The van der Waals surface area contributed by atoms with Gasteiger partial charge >= 0.3 is 0 Å². The van der Waals surface area contributed by atoms with E-state index in [4.69, 9.17) is 4.74 Å². The molecule has 1 N–H and O–H groups in total. The summed E-state index contributed by atoms with van der Waals surface area (Å²) in [4.78, 5) is 0.